The smallest absolute Gasteiger partial charge is 0.265 e. The van der Waals surface area contributed by atoms with Gasteiger partial charge >= 0.3 is 18.3 Å². The van der Waals surface area contributed by atoms with Crippen LogP contribution in [0.15, 0.2) is 22.2 Å². The number of halogens is 8. The Hall–Kier alpha value is -2.43. The minimum atomic E-state index is -5.99. The highest BCUT2D eigenvalue weighted by molar-refractivity contribution is 7.91. The van der Waals surface area contributed by atoms with Crippen LogP contribution in [0.3, 0.4) is 0 Å². The first-order valence-corrected chi connectivity index (χ1v) is 10.3. The molecule has 0 bridgehead atoms. The van der Waals surface area contributed by atoms with Gasteiger partial charge in [0.15, 0.2) is 14.8 Å². The quantitative estimate of drug-likeness (QED) is 0.604. The highest BCUT2D eigenvalue weighted by Crippen LogP contribution is 2.43. The largest absolute Gasteiger partial charge is 0.460 e. The lowest BCUT2D eigenvalue weighted by atomic mass is 10.2. The van der Waals surface area contributed by atoms with Crippen molar-refractivity contribution < 1.29 is 48.3 Å². The van der Waals surface area contributed by atoms with Crippen LogP contribution in [0.5, 0.6) is 0 Å². The molecule has 0 saturated heterocycles. The van der Waals surface area contributed by atoms with E-state index in [1.165, 1.54) is 0 Å². The third kappa shape index (κ3) is 4.91. The van der Waals surface area contributed by atoms with Crippen LogP contribution < -0.4 is 4.80 Å². The Balaban J connectivity index is 2.65. The third-order valence-corrected chi connectivity index (χ3v) is 6.44. The molecule has 0 radical (unpaired) electrons. The maximum absolute atomic E-state index is 13.4. The van der Waals surface area contributed by atoms with Gasteiger partial charge in [-0.2, -0.15) is 45.2 Å². The number of rotatable bonds is 4. The predicted molar refractivity (Wildman–Crippen MR) is 87.9 cm³/mol. The monoisotopic (exact) mass is 498 g/mol. The molecule has 2 aromatic rings. The van der Waals surface area contributed by atoms with Gasteiger partial charge in [0.2, 0.25) is 4.80 Å². The van der Waals surface area contributed by atoms with E-state index >= 15 is 0 Å². The average Bonchev–Trinajstić information content (AvgIpc) is 3.00. The first kappa shape index (κ1) is 24.8. The van der Waals surface area contributed by atoms with E-state index < -0.39 is 65.7 Å². The molecule has 2 rings (SSSR count). The van der Waals surface area contributed by atoms with E-state index in [4.69, 9.17) is 0 Å². The highest BCUT2D eigenvalue weighted by Gasteiger charge is 2.61. The fourth-order valence-corrected chi connectivity index (χ4v) is 3.92. The zero-order chi connectivity index (χ0) is 24.0. The number of alkyl halides is 8. The molecule has 0 aliphatic carbocycles. The minimum Gasteiger partial charge on any atom is -0.265 e. The number of aromatic nitrogens is 3. The van der Waals surface area contributed by atoms with Crippen LogP contribution in [0.1, 0.15) is 28.0 Å². The second-order valence-electron chi connectivity index (χ2n) is 5.77. The van der Waals surface area contributed by atoms with Crippen LogP contribution in [-0.2, 0) is 29.0 Å². The fraction of sp³-hybridized carbons (Fsp3) is 0.429. The normalized spacial score (nSPS) is 14.2. The summed E-state index contributed by atoms with van der Waals surface area (Å²) < 4.78 is 128. The number of carbonyl (C=O) groups is 1. The number of amides is 1. The van der Waals surface area contributed by atoms with Crippen molar-refractivity contribution >= 4 is 27.1 Å². The summed E-state index contributed by atoms with van der Waals surface area (Å²) in [7, 11) is -3.55. The van der Waals surface area contributed by atoms with Gasteiger partial charge in [-0.15, -0.1) is 0 Å². The molecule has 1 amide bonds. The van der Waals surface area contributed by atoms with Crippen molar-refractivity contribution in [2.24, 2.45) is 12.0 Å². The number of pyridine rings is 1. The Morgan fingerprint density at radius 2 is 1.74 bits per heavy atom. The topological polar surface area (TPSA) is 94.3 Å². The Bertz CT molecular complexity index is 1180. The molecule has 172 valence electrons. The first-order chi connectivity index (χ1) is 13.9. The molecule has 0 aliphatic rings. The van der Waals surface area contributed by atoms with Gasteiger partial charge in [0.05, 0.1) is 16.2 Å². The molecule has 0 aliphatic heterocycles. The maximum Gasteiger partial charge on any atom is 0.460 e. The number of nitrogens with zero attached hydrogens (tertiary/aromatic N) is 4. The zero-order valence-electron chi connectivity index (χ0n) is 15.2. The predicted octanol–water partition coefficient (Wildman–Crippen LogP) is 3.08. The highest BCUT2D eigenvalue weighted by atomic mass is 32.2. The van der Waals surface area contributed by atoms with Crippen LogP contribution in [0.4, 0.5) is 35.1 Å². The summed E-state index contributed by atoms with van der Waals surface area (Å²) in [5.74, 6) is -7.66. The Morgan fingerprint density at radius 3 is 2.23 bits per heavy atom. The summed E-state index contributed by atoms with van der Waals surface area (Å²) in [5.41, 5.74) is -2.54. The van der Waals surface area contributed by atoms with Crippen LogP contribution in [0.2, 0.25) is 0 Å². The lowest BCUT2D eigenvalue weighted by Crippen LogP contribution is -2.33. The van der Waals surface area contributed by atoms with Gasteiger partial charge in [-0.3, -0.25) is 4.79 Å². The second-order valence-corrected chi connectivity index (χ2v) is 8.98. The molecule has 31 heavy (non-hydrogen) atoms. The Labute approximate surface area is 172 Å². The number of sulfone groups is 1. The van der Waals surface area contributed by atoms with Crippen molar-refractivity contribution in [2.45, 2.75) is 30.1 Å². The van der Waals surface area contributed by atoms with Gasteiger partial charge in [0.25, 0.3) is 5.91 Å². The molecule has 2 heterocycles. The van der Waals surface area contributed by atoms with Gasteiger partial charge in [0, 0.05) is 13.2 Å². The van der Waals surface area contributed by atoms with Gasteiger partial charge in [-0.1, -0.05) is 18.3 Å². The molecular formula is C14H10F8N4O3S2. The standard InChI is InChI=1S/C14H10F8N4O3S2/c1-3-31(28,29)7-4-6(13(17,18)19)5-23-8(7)9(27)24-11-26(2)25-10(30-11)12(15,16)14(20,21)22/h4-5H,3H2,1-2H3/b24-11-. The van der Waals surface area contributed by atoms with E-state index in [0.29, 0.717) is 4.68 Å². The zero-order valence-corrected chi connectivity index (χ0v) is 16.8. The molecular weight excluding hydrogens is 488 g/mol. The summed E-state index contributed by atoms with van der Waals surface area (Å²) >= 11 is -0.320. The van der Waals surface area contributed by atoms with E-state index in [1.807, 2.05) is 0 Å². The summed E-state index contributed by atoms with van der Waals surface area (Å²) in [4.78, 5) is 16.8. The van der Waals surface area contributed by atoms with Crippen LogP contribution in [0.25, 0.3) is 0 Å². The number of hydrogen-bond donors (Lipinski definition) is 0. The van der Waals surface area contributed by atoms with Crippen molar-refractivity contribution in [3.63, 3.8) is 0 Å². The van der Waals surface area contributed by atoms with Crippen molar-refractivity contribution in [1.82, 2.24) is 14.8 Å². The summed E-state index contributed by atoms with van der Waals surface area (Å²) in [6, 6.07) is 0.157. The van der Waals surface area contributed by atoms with Gasteiger partial charge in [-0.05, 0) is 6.07 Å². The summed E-state index contributed by atoms with van der Waals surface area (Å²) in [6.45, 7) is 1.08. The molecule has 7 nitrogen and oxygen atoms in total. The SMILES string of the molecule is CCS(=O)(=O)c1cc(C(F)(F)F)cnc1C(=O)/N=c1\sc(C(F)(F)C(F)(F)F)nn1C. The van der Waals surface area contributed by atoms with Crippen LogP contribution >= 0.6 is 11.3 Å². The van der Waals surface area contributed by atoms with Crippen molar-refractivity contribution in [3.05, 3.63) is 33.3 Å². The summed E-state index contributed by atoms with van der Waals surface area (Å²) in [6.07, 6.45) is -10.8. The minimum absolute atomic E-state index is 0.157. The van der Waals surface area contributed by atoms with Crippen molar-refractivity contribution in [3.8, 4) is 0 Å². The Morgan fingerprint density at radius 1 is 1.16 bits per heavy atom. The molecule has 0 unspecified atom stereocenters. The van der Waals surface area contributed by atoms with Gasteiger partial charge in [0.1, 0.15) is 5.69 Å². The van der Waals surface area contributed by atoms with Crippen molar-refractivity contribution in [2.75, 3.05) is 5.75 Å². The number of aryl methyl sites for hydroxylation is 1. The van der Waals surface area contributed by atoms with Crippen LogP contribution in [0, 0.1) is 0 Å². The van der Waals surface area contributed by atoms with Gasteiger partial charge < -0.3 is 0 Å². The fourth-order valence-electron chi connectivity index (χ4n) is 1.99. The molecule has 0 saturated carbocycles. The Kier molecular flexibility index (Phi) is 6.35. The molecule has 17 heteroatoms. The molecule has 0 atom stereocenters. The lowest BCUT2D eigenvalue weighted by molar-refractivity contribution is -0.289. The third-order valence-electron chi connectivity index (χ3n) is 3.63. The molecule has 0 aromatic carbocycles. The summed E-state index contributed by atoms with van der Waals surface area (Å²) in [5, 5.41) is 1.21. The van der Waals surface area contributed by atoms with E-state index in [2.05, 4.69) is 15.1 Å². The number of hydrogen-bond acceptors (Lipinski definition) is 6. The molecule has 2 aromatic heterocycles. The van der Waals surface area contributed by atoms with Crippen molar-refractivity contribution in [1.29, 1.82) is 0 Å². The maximum atomic E-state index is 13.4. The molecule has 0 N–H and O–H groups in total. The second kappa shape index (κ2) is 7.92. The molecule has 0 spiro atoms. The first-order valence-electron chi connectivity index (χ1n) is 7.80. The van der Waals surface area contributed by atoms with E-state index in [-0.39, 0.29) is 23.6 Å². The van der Waals surface area contributed by atoms with E-state index in [1.54, 1.807) is 0 Å². The van der Waals surface area contributed by atoms with Gasteiger partial charge in [-0.25, -0.2) is 18.1 Å². The van der Waals surface area contributed by atoms with E-state index in [0.717, 1.165) is 14.0 Å². The number of carbonyl (C=O) groups excluding carboxylic acids is 1. The lowest BCUT2D eigenvalue weighted by Gasteiger charge is -2.15. The average molecular weight is 498 g/mol. The molecule has 0 fully saturated rings. The van der Waals surface area contributed by atoms with E-state index in [9.17, 15) is 48.3 Å². The van der Waals surface area contributed by atoms with Crippen LogP contribution in [-0.4, -0.2) is 41.0 Å².